The number of alkyl halides is 1. The largest absolute Gasteiger partial charge is 0.459 e. The molecule has 29 heavy (non-hydrogen) atoms. The Morgan fingerprint density at radius 1 is 1.28 bits per heavy atom. The summed E-state index contributed by atoms with van der Waals surface area (Å²) in [6.45, 7) is 1.66. The molecular formula is C19H18ClFN4O4. The summed E-state index contributed by atoms with van der Waals surface area (Å²) in [4.78, 5) is 24.4. The van der Waals surface area contributed by atoms with E-state index >= 15 is 0 Å². The van der Waals surface area contributed by atoms with E-state index in [1.165, 1.54) is 24.3 Å². The second-order valence-electron chi connectivity index (χ2n) is 6.66. The second kappa shape index (κ2) is 8.02. The smallest absolute Gasteiger partial charge is 0.338 e. The van der Waals surface area contributed by atoms with Crippen LogP contribution in [0.5, 0.6) is 0 Å². The van der Waals surface area contributed by atoms with Gasteiger partial charge in [-0.1, -0.05) is 29.3 Å². The number of halogens is 2. The lowest BCUT2D eigenvalue weighted by Gasteiger charge is -2.19. The number of hydrogen-bond donors (Lipinski definition) is 0. The van der Waals surface area contributed by atoms with Gasteiger partial charge in [0.05, 0.1) is 11.9 Å². The van der Waals surface area contributed by atoms with Crippen LogP contribution >= 0.6 is 11.6 Å². The van der Waals surface area contributed by atoms with Crippen molar-refractivity contribution in [3.05, 3.63) is 53.2 Å². The van der Waals surface area contributed by atoms with E-state index in [1.807, 2.05) is 6.92 Å². The number of nitrogens with zero attached hydrogens (tertiary/aromatic N) is 4. The Labute approximate surface area is 170 Å². The first-order valence-electron chi connectivity index (χ1n) is 8.88. The molecule has 0 radical (unpaired) electrons. The molecule has 0 amide bonds. The summed E-state index contributed by atoms with van der Waals surface area (Å²) < 4.78 is 32.9. The van der Waals surface area contributed by atoms with Crippen molar-refractivity contribution in [1.29, 1.82) is 0 Å². The molecular weight excluding hydrogens is 403 g/mol. The summed E-state index contributed by atoms with van der Waals surface area (Å²) in [5.74, 6) is -0.550. The van der Waals surface area contributed by atoms with Crippen LogP contribution in [0.2, 0.25) is 5.15 Å². The third kappa shape index (κ3) is 3.68. The number of aromatic nitrogens is 4. The van der Waals surface area contributed by atoms with Gasteiger partial charge in [-0.15, -0.1) is 0 Å². The molecule has 0 unspecified atom stereocenters. The molecule has 4 atom stereocenters. The maximum absolute atomic E-state index is 14.9. The number of esters is 1. The van der Waals surface area contributed by atoms with Crippen molar-refractivity contribution in [3.63, 3.8) is 0 Å². The van der Waals surface area contributed by atoms with Crippen LogP contribution in [-0.2, 0) is 14.2 Å². The van der Waals surface area contributed by atoms with E-state index in [1.54, 1.807) is 24.3 Å². The third-order valence-electron chi connectivity index (χ3n) is 4.79. The Kier molecular flexibility index (Phi) is 5.44. The van der Waals surface area contributed by atoms with E-state index in [9.17, 15) is 9.18 Å². The molecule has 1 aromatic carbocycles. The van der Waals surface area contributed by atoms with Gasteiger partial charge in [-0.25, -0.2) is 24.1 Å². The molecule has 0 N–H and O–H groups in total. The molecule has 2 aromatic heterocycles. The zero-order valence-corrected chi connectivity index (χ0v) is 16.4. The highest BCUT2D eigenvalue weighted by atomic mass is 35.5. The van der Waals surface area contributed by atoms with Crippen molar-refractivity contribution in [2.75, 3.05) is 13.7 Å². The summed E-state index contributed by atoms with van der Waals surface area (Å²) in [7, 11) is 1.38. The maximum Gasteiger partial charge on any atom is 0.338 e. The second-order valence-corrected chi connectivity index (χ2v) is 7.02. The SMILES string of the molecule is CO[C@@H]1[C@H](F)[C@@H](COC(=O)c2ccc(C)cc2)O[C@H]1n1cnc2c(Cl)ncnc21. The van der Waals surface area contributed by atoms with Crippen molar-refractivity contribution in [2.24, 2.45) is 0 Å². The van der Waals surface area contributed by atoms with Gasteiger partial charge in [-0.05, 0) is 19.1 Å². The molecule has 0 saturated carbocycles. The van der Waals surface area contributed by atoms with Crippen molar-refractivity contribution in [2.45, 2.75) is 31.5 Å². The number of rotatable bonds is 5. The number of aryl methyl sites for hydroxylation is 1. The molecule has 0 bridgehead atoms. The van der Waals surface area contributed by atoms with Crippen LogP contribution in [0.15, 0.2) is 36.9 Å². The fourth-order valence-corrected chi connectivity index (χ4v) is 3.42. The fourth-order valence-electron chi connectivity index (χ4n) is 3.24. The lowest BCUT2D eigenvalue weighted by atomic mass is 10.1. The third-order valence-corrected chi connectivity index (χ3v) is 5.07. The molecule has 3 aromatic rings. The highest BCUT2D eigenvalue weighted by Crippen LogP contribution is 2.35. The van der Waals surface area contributed by atoms with Gasteiger partial charge in [-0.2, -0.15) is 0 Å². The van der Waals surface area contributed by atoms with Gasteiger partial charge in [-0.3, -0.25) is 4.57 Å². The first-order valence-corrected chi connectivity index (χ1v) is 9.26. The lowest BCUT2D eigenvalue weighted by molar-refractivity contribution is -0.0616. The molecule has 152 valence electrons. The van der Waals surface area contributed by atoms with Gasteiger partial charge in [0.25, 0.3) is 0 Å². The highest BCUT2D eigenvalue weighted by Gasteiger charge is 2.47. The summed E-state index contributed by atoms with van der Waals surface area (Å²) in [5.41, 5.74) is 2.17. The van der Waals surface area contributed by atoms with Crippen LogP contribution in [0.1, 0.15) is 22.1 Å². The Morgan fingerprint density at radius 2 is 2.03 bits per heavy atom. The first-order chi connectivity index (χ1) is 14.0. The van der Waals surface area contributed by atoms with Crippen LogP contribution < -0.4 is 0 Å². The Balaban J connectivity index is 1.50. The highest BCUT2D eigenvalue weighted by molar-refractivity contribution is 6.33. The number of fused-ring (bicyclic) bond motifs is 1. The minimum atomic E-state index is -1.52. The van der Waals surface area contributed by atoms with E-state index in [0.29, 0.717) is 16.7 Å². The van der Waals surface area contributed by atoms with Gasteiger partial charge in [0.2, 0.25) is 0 Å². The van der Waals surface area contributed by atoms with Crippen molar-refractivity contribution in [1.82, 2.24) is 19.5 Å². The molecule has 4 rings (SSSR count). The zero-order valence-electron chi connectivity index (χ0n) is 15.7. The topological polar surface area (TPSA) is 88.4 Å². The van der Waals surface area contributed by atoms with Gasteiger partial charge < -0.3 is 14.2 Å². The summed E-state index contributed by atoms with van der Waals surface area (Å²) in [6.07, 6.45) is -1.60. The molecule has 1 aliphatic rings. The van der Waals surface area contributed by atoms with Gasteiger partial charge in [0.15, 0.2) is 23.2 Å². The average molecular weight is 421 g/mol. The van der Waals surface area contributed by atoms with E-state index in [0.717, 1.165) is 5.56 Å². The van der Waals surface area contributed by atoms with Gasteiger partial charge >= 0.3 is 5.97 Å². The van der Waals surface area contributed by atoms with Crippen LogP contribution in [0.3, 0.4) is 0 Å². The summed E-state index contributed by atoms with van der Waals surface area (Å²) in [5, 5.41) is 0.182. The Morgan fingerprint density at radius 3 is 2.76 bits per heavy atom. The number of imidazole rings is 1. The predicted octanol–water partition coefficient (Wildman–Crippen LogP) is 2.90. The van der Waals surface area contributed by atoms with Crippen LogP contribution in [0.4, 0.5) is 4.39 Å². The minimum absolute atomic E-state index is 0.182. The van der Waals surface area contributed by atoms with Gasteiger partial charge in [0, 0.05) is 7.11 Å². The van der Waals surface area contributed by atoms with Crippen LogP contribution in [0, 0.1) is 6.92 Å². The molecule has 10 heteroatoms. The van der Waals surface area contributed by atoms with E-state index < -0.39 is 30.6 Å². The monoisotopic (exact) mass is 420 g/mol. The molecule has 1 saturated heterocycles. The number of benzene rings is 1. The lowest BCUT2D eigenvalue weighted by Crippen LogP contribution is -2.32. The van der Waals surface area contributed by atoms with Crippen molar-refractivity contribution >= 4 is 28.7 Å². The number of carbonyl (C=O) groups excluding carboxylic acids is 1. The minimum Gasteiger partial charge on any atom is -0.459 e. The molecule has 8 nitrogen and oxygen atoms in total. The number of methoxy groups -OCH3 is 1. The Hall–Kier alpha value is -2.62. The standard InChI is InChI=1S/C19H18ClFN4O4/c1-10-3-5-11(6-4-10)19(26)28-7-12-13(21)15(27-2)18(29-12)25-9-24-14-16(20)22-8-23-17(14)25/h3-6,8-9,12-13,15,18H,7H2,1-2H3/t12-,13-,15-,18-/m1/s1. The predicted molar refractivity (Wildman–Crippen MR) is 101 cm³/mol. The van der Waals surface area contributed by atoms with Crippen molar-refractivity contribution in [3.8, 4) is 0 Å². The number of ether oxygens (including phenoxy) is 3. The van der Waals surface area contributed by atoms with E-state index in [2.05, 4.69) is 15.0 Å². The quantitative estimate of drug-likeness (QED) is 0.463. The van der Waals surface area contributed by atoms with Gasteiger partial charge in [0.1, 0.15) is 30.7 Å². The average Bonchev–Trinajstić information content (AvgIpc) is 3.28. The fraction of sp³-hybridized carbons (Fsp3) is 0.368. The summed E-state index contributed by atoms with van der Waals surface area (Å²) in [6, 6.07) is 6.91. The first kappa shape index (κ1) is 19.7. The van der Waals surface area contributed by atoms with E-state index in [-0.39, 0.29) is 11.8 Å². The zero-order chi connectivity index (χ0) is 20.5. The molecule has 1 aliphatic heterocycles. The van der Waals surface area contributed by atoms with Crippen LogP contribution in [0.25, 0.3) is 11.2 Å². The molecule has 1 fully saturated rings. The normalized spacial score (nSPS) is 24.1. The number of carbonyl (C=O) groups is 1. The number of hydrogen-bond acceptors (Lipinski definition) is 7. The van der Waals surface area contributed by atoms with Crippen LogP contribution in [-0.4, -0.2) is 57.6 Å². The maximum atomic E-state index is 14.9. The van der Waals surface area contributed by atoms with E-state index in [4.69, 9.17) is 25.8 Å². The molecule has 0 aliphatic carbocycles. The summed E-state index contributed by atoms with van der Waals surface area (Å²) >= 11 is 6.03. The Bertz CT molecular complexity index is 1030. The molecule has 0 spiro atoms. The van der Waals surface area contributed by atoms with Crippen molar-refractivity contribution < 1.29 is 23.4 Å². The molecule has 3 heterocycles.